The Morgan fingerprint density at radius 1 is 1.42 bits per heavy atom. The maximum absolute atomic E-state index is 11.0. The summed E-state index contributed by atoms with van der Waals surface area (Å²) in [5, 5.41) is 0. The highest BCUT2D eigenvalue weighted by atomic mass is 16.1. The van der Waals surface area contributed by atoms with E-state index < -0.39 is 5.78 Å². The Hall–Kier alpha value is -1.73. The molecule has 1 aromatic rings. The van der Waals surface area contributed by atoms with Gasteiger partial charge in [0.25, 0.3) is 0 Å². The van der Waals surface area contributed by atoms with Gasteiger partial charge in [-0.1, -0.05) is 17.7 Å². The van der Waals surface area contributed by atoms with Crippen LogP contribution in [0.25, 0.3) is 5.53 Å². The van der Waals surface area contributed by atoms with Gasteiger partial charge in [0.05, 0.1) is 0 Å². The third-order valence-electron chi connectivity index (χ3n) is 1.47. The summed E-state index contributed by atoms with van der Waals surface area (Å²) in [4.78, 5) is 13.5. The Morgan fingerprint density at radius 2 is 2.00 bits per heavy atom. The van der Waals surface area contributed by atoms with Crippen molar-refractivity contribution in [3.8, 4) is 0 Å². The molecule has 0 aliphatic rings. The lowest BCUT2D eigenvalue weighted by Crippen LogP contribution is -2.00. The van der Waals surface area contributed by atoms with E-state index in [1.54, 1.807) is 12.1 Å². The molecule has 0 spiro atoms. The molecule has 0 atom stereocenters. The second kappa shape index (κ2) is 3.60. The van der Waals surface area contributed by atoms with E-state index in [0.29, 0.717) is 5.56 Å². The molecule has 3 heteroatoms. The monoisotopic (exact) mass is 159 g/mol. The lowest BCUT2D eigenvalue weighted by Gasteiger charge is -2.00. The zero-order valence-electron chi connectivity index (χ0n) is 6.61. The van der Waals surface area contributed by atoms with Gasteiger partial charge in [0, 0.05) is 0 Å². The first-order chi connectivity index (χ1) is 5.74. The van der Waals surface area contributed by atoms with Crippen molar-refractivity contribution >= 4 is 12.0 Å². The van der Waals surface area contributed by atoms with Crippen LogP contribution in [-0.2, 0) is 0 Å². The summed E-state index contributed by atoms with van der Waals surface area (Å²) >= 11 is 0. The van der Waals surface area contributed by atoms with E-state index >= 15 is 0 Å². The Balaban J connectivity index is 2.97. The van der Waals surface area contributed by atoms with E-state index in [-0.39, 0.29) is 0 Å². The third-order valence-corrected chi connectivity index (χ3v) is 1.47. The van der Waals surface area contributed by atoms with E-state index in [9.17, 15) is 4.79 Å². The zero-order chi connectivity index (χ0) is 8.97. The standard InChI is InChI=1S/C9H7N2O/c1-7-2-4-8(5-3-7)9(12)6-11-10/h2-5H,1H3/q-1. The van der Waals surface area contributed by atoms with Gasteiger partial charge in [-0.15, -0.1) is 17.7 Å². The van der Waals surface area contributed by atoms with Crippen molar-refractivity contribution < 1.29 is 9.58 Å². The molecule has 0 fully saturated rings. The van der Waals surface area contributed by atoms with Crippen LogP contribution in [0.3, 0.4) is 0 Å². The molecule has 0 radical (unpaired) electrons. The van der Waals surface area contributed by atoms with E-state index in [0.717, 1.165) is 5.56 Å². The van der Waals surface area contributed by atoms with Crippen molar-refractivity contribution in [1.29, 1.82) is 0 Å². The van der Waals surface area contributed by atoms with E-state index in [2.05, 4.69) is 4.79 Å². The average Bonchev–Trinajstić information content (AvgIpc) is 2.06. The number of ketones is 1. The molecule has 0 saturated heterocycles. The van der Waals surface area contributed by atoms with Gasteiger partial charge in [0.1, 0.15) is 5.78 Å². The van der Waals surface area contributed by atoms with Gasteiger partial charge in [0.2, 0.25) is 6.21 Å². The number of nitrogens with zero attached hydrogens (tertiary/aromatic N) is 2. The fourth-order valence-corrected chi connectivity index (χ4v) is 0.815. The average molecular weight is 159 g/mol. The molecule has 60 valence electrons. The predicted octanol–water partition coefficient (Wildman–Crippen LogP) is 1.36. The molecular formula is C9H7N2O-. The maximum atomic E-state index is 11.0. The molecule has 0 unspecified atom stereocenters. The van der Waals surface area contributed by atoms with E-state index in [1.807, 2.05) is 25.3 Å². The van der Waals surface area contributed by atoms with Gasteiger partial charge in [-0.05, 0) is 6.92 Å². The van der Waals surface area contributed by atoms with Gasteiger partial charge < -0.3 is 10.3 Å². The molecule has 1 rings (SSSR count). The van der Waals surface area contributed by atoms with Gasteiger partial charge in [-0.25, -0.2) is 0 Å². The van der Waals surface area contributed by atoms with Crippen molar-refractivity contribution in [1.82, 2.24) is 0 Å². The summed E-state index contributed by atoms with van der Waals surface area (Å²) in [6.45, 7) is 1.93. The maximum Gasteiger partial charge on any atom is 0.226 e. The fourth-order valence-electron chi connectivity index (χ4n) is 0.815. The van der Waals surface area contributed by atoms with E-state index in [4.69, 9.17) is 5.53 Å². The van der Waals surface area contributed by atoms with Gasteiger partial charge in [0.15, 0.2) is 0 Å². The van der Waals surface area contributed by atoms with Crippen LogP contribution in [0, 0.1) is 6.92 Å². The summed E-state index contributed by atoms with van der Waals surface area (Å²) in [5.41, 5.74) is 9.59. The number of rotatable bonds is 2. The smallest absolute Gasteiger partial charge is 0.226 e. The number of Topliss-reactive ketones (excluding diaryl/α,β-unsaturated/α-hetero) is 1. The number of hydrogen-bond donors (Lipinski definition) is 0. The van der Waals surface area contributed by atoms with Gasteiger partial charge in [-0.2, -0.15) is 0 Å². The van der Waals surface area contributed by atoms with Crippen LogP contribution in [-0.4, -0.2) is 16.8 Å². The van der Waals surface area contributed by atoms with Crippen LogP contribution in [0.2, 0.25) is 0 Å². The minimum atomic E-state index is -0.419. The fraction of sp³-hybridized carbons (Fsp3) is 0.111. The second-order valence-electron chi connectivity index (χ2n) is 2.41. The predicted molar refractivity (Wildman–Crippen MR) is 44.1 cm³/mol. The van der Waals surface area contributed by atoms with Crippen molar-refractivity contribution in [3.05, 3.63) is 40.9 Å². The van der Waals surface area contributed by atoms with Crippen LogP contribution in [0.4, 0.5) is 0 Å². The topological polar surface area (TPSA) is 53.5 Å². The first kappa shape index (κ1) is 8.37. The van der Waals surface area contributed by atoms with Crippen molar-refractivity contribution in [2.45, 2.75) is 6.92 Å². The highest BCUT2D eigenvalue weighted by molar-refractivity contribution is 6.33. The molecule has 0 heterocycles. The van der Waals surface area contributed by atoms with Crippen LogP contribution in [0.15, 0.2) is 24.3 Å². The molecule has 0 N–H and O–H groups in total. The molecule has 0 bridgehead atoms. The largest absolute Gasteiger partial charge is 0.385 e. The first-order valence-corrected chi connectivity index (χ1v) is 3.45. The third kappa shape index (κ3) is 1.87. The second-order valence-corrected chi connectivity index (χ2v) is 2.41. The molecule has 12 heavy (non-hydrogen) atoms. The Morgan fingerprint density at radius 3 is 2.50 bits per heavy atom. The SMILES string of the molecule is Cc1ccc(C(=O)[C-]=[N+]=[N-])cc1. The van der Waals surface area contributed by atoms with Crippen LogP contribution in [0.5, 0.6) is 0 Å². The molecule has 0 aliphatic carbocycles. The molecule has 0 saturated carbocycles. The molecule has 0 aliphatic heterocycles. The van der Waals surface area contributed by atoms with Gasteiger partial charge >= 0.3 is 0 Å². The molecule has 0 aromatic heterocycles. The number of carbonyl (C=O) groups excluding carboxylic acids is 1. The molecular weight excluding hydrogens is 152 g/mol. The van der Waals surface area contributed by atoms with Crippen LogP contribution in [0.1, 0.15) is 15.9 Å². The quantitative estimate of drug-likeness (QED) is 0.211. The summed E-state index contributed by atoms with van der Waals surface area (Å²) in [6.07, 6.45) is 1.92. The van der Waals surface area contributed by atoms with Gasteiger partial charge in [-0.3, -0.25) is 4.79 Å². The van der Waals surface area contributed by atoms with E-state index in [1.165, 1.54) is 0 Å². The number of hydrogen-bond acceptors (Lipinski definition) is 1. The molecule has 1 aromatic carbocycles. The molecule has 3 nitrogen and oxygen atoms in total. The number of carbonyl (C=O) groups is 1. The highest BCUT2D eigenvalue weighted by Gasteiger charge is 1.92. The molecule has 0 amide bonds. The minimum Gasteiger partial charge on any atom is -0.385 e. The summed E-state index contributed by atoms with van der Waals surface area (Å²) < 4.78 is 0. The first-order valence-electron chi connectivity index (χ1n) is 3.45. The number of benzene rings is 1. The van der Waals surface area contributed by atoms with Crippen molar-refractivity contribution in [3.63, 3.8) is 0 Å². The van der Waals surface area contributed by atoms with Crippen LogP contribution >= 0.6 is 0 Å². The van der Waals surface area contributed by atoms with Crippen LogP contribution < -0.4 is 0 Å². The minimum absolute atomic E-state index is 0.419. The number of aryl methyl sites for hydroxylation is 1. The summed E-state index contributed by atoms with van der Waals surface area (Å²) in [7, 11) is 0. The Labute approximate surface area is 70.3 Å². The Bertz CT molecular complexity index is 334. The normalized spacial score (nSPS) is 8.75. The summed E-state index contributed by atoms with van der Waals surface area (Å²) in [6, 6.07) is 6.95. The lowest BCUT2D eigenvalue weighted by molar-refractivity contribution is 0.00235. The highest BCUT2D eigenvalue weighted by Crippen LogP contribution is 2.02. The zero-order valence-corrected chi connectivity index (χ0v) is 6.61. The van der Waals surface area contributed by atoms with Crippen molar-refractivity contribution in [2.75, 3.05) is 0 Å². The summed E-state index contributed by atoms with van der Waals surface area (Å²) in [5.74, 6) is -0.419. The lowest BCUT2D eigenvalue weighted by atomic mass is 10.1. The Kier molecular flexibility index (Phi) is 2.51. The van der Waals surface area contributed by atoms with Crippen molar-refractivity contribution in [2.24, 2.45) is 0 Å².